The van der Waals surface area contributed by atoms with E-state index in [0.29, 0.717) is 137 Å². The fourth-order valence-electron chi connectivity index (χ4n) is 13.3. The van der Waals surface area contributed by atoms with E-state index in [1.165, 1.54) is 6.42 Å². The van der Waals surface area contributed by atoms with E-state index in [1.54, 1.807) is 4.90 Å². The molecular weight excluding hydrogens is 1400 g/mol. The highest BCUT2D eigenvalue weighted by Crippen LogP contribution is 2.22. The molecule has 2 aliphatic heterocycles. The predicted molar refractivity (Wildman–Crippen MR) is 424 cm³/mol. The molecule has 630 valence electrons. The molecule has 3 N–H and O–H groups in total. The Morgan fingerprint density at radius 2 is 0.606 bits per heavy atom. The first-order chi connectivity index (χ1) is 50.8. The smallest absolute Gasteiger partial charge is 0.320 e. The maximum absolute atomic E-state index is 14.9. The van der Waals surface area contributed by atoms with Crippen LogP contribution in [0.4, 0.5) is 0 Å². The van der Waals surface area contributed by atoms with Crippen LogP contribution < -0.4 is 16.0 Å². The van der Waals surface area contributed by atoms with E-state index in [-0.39, 0.29) is 108 Å². The summed E-state index contributed by atoms with van der Waals surface area (Å²) in [7, 11) is 0. The summed E-state index contributed by atoms with van der Waals surface area (Å²) in [6.45, 7) is 41.6. The monoisotopic (exact) mass is 1550 g/mol. The first-order valence-corrected chi connectivity index (χ1v) is 41.0. The van der Waals surface area contributed by atoms with Crippen molar-refractivity contribution in [3.63, 3.8) is 0 Å². The lowest BCUT2D eigenvalue weighted by Crippen LogP contribution is -2.54. The first kappa shape index (κ1) is 97.6. The standard InChI is InChI=1S/C81H150N12O16/c1-20-21-22-23-24-25-30-35-65(75(103)84-64-33-28-26-29-34-64)93(39-38-83-67(95)57-86-42-46-89(60-71(99)106-78(8,9)10)50-54-92(63-74(102)109-81(17,18)19)55-51-90(47-43-86)61-72(100)107-79(11,12)13)68(96)36-31-27-32-37-82-66(94)56-85-40-44-87(58-69(97)104-76(2,3)4)48-52-91(62-73(101)108-80(14,15)16)53-49-88(45-41-85)59-70(98)105-77(5,6)7/h64-65H,20-63H2,1-19H3,(H,82,94)(H,83,95)(H,84,103). The van der Waals surface area contributed by atoms with Crippen LogP contribution in [0.2, 0.25) is 0 Å². The Kier molecular flexibility index (Phi) is 44.0. The number of carbonyl (C=O) groups excluding carboxylic acids is 10. The summed E-state index contributed by atoms with van der Waals surface area (Å²) < 4.78 is 34.5. The lowest BCUT2D eigenvalue weighted by atomic mass is 9.94. The van der Waals surface area contributed by atoms with Gasteiger partial charge in [-0.1, -0.05) is 77.6 Å². The van der Waals surface area contributed by atoms with Gasteiger partial charge >= 0.3 is 35.8 Å². The maximum atomic E-state index is 14.9. The van der Waals surface area contributed by atoms with E-state index in [9.17, 15) is 47.9 Å². The van der Waals surface area contributed by atoms with E-state index in [2.05, 4.69) is 22.9 Å². The van der Waals surface area contributed by atoms with E-state index in [4.69, 9.17) is 28.4 Å². The average molecular weight is 1550 g/mol. The number of rotatable bonds is 36. The molecule has 2 heterocycles. The summed E-state index contributed by atoms with van der Waals surface area (Å²) in [4.78, 5) is 156. The SMILES string of the molecule is CCCCCCCCCC(C(=O)NC1CCCCC1)N(CCNC(=O)CN1CCN(CC(=O)OC(C)(C)C)CCN(CC(=O)OC(C)(C)C)CCN(CC(=O)OC(C)(C)C)CC1)C(=O)CCCCCNC(=O)CN1CCN(CC(=O)OC(C)(C)C)CCN(CC(=O)OC(C)(C)C)CCN(CC(=O)OC(C)(C)C)CC1. The second-order valence-electron chi connectivity index (χ2n) is 36.1. The quantitative estimate of drug-likeness (QED) is 0.0321. The van der Waals surface area contributed by atoms with Crippen molar-refractivity contribution in [1.29, 1.82) is 0 Å². The minimum Gasteiger partial charge on any atom is -0.459 e. The molecule has 1 saturated carbocycles. The molecule has 0 aromatic heterocycles. The lowest BCUT2D eigenvalue weighted by Gasteiger charge is -2.34. The van der Waals surface area contributed by atoms with Crippen molar-refractivity contribution in [3.8, 4) is 0 Å². The number of unbranched alkanes of at least 4 members (excludes halogenated alkanes) is 8. The molecule has 3 rings (SSSR count). The van der Waals surface area contributed by atoms with E-state index in [0.717, 1.165) is 70.6 Å². The van der Waals surface area contributed by atoms with Crippen LogP contribution in [-0.2, 0) is 76.4 Å². The fourth-order valence-corrected chi connectivity index (χ4v) is 13.3. The zero-order valence-electron chi connectivity index (χ0n) is 71.3. The minimum absolute atomic E-state index is 0.00288. The molecular formula is C81H150N12O16. The third-order valence-electron chi connectivity index (χ3n) is 18.3. The van der Waals surface area contributed by atoms with Gasteiger partial charge in [0.05, 0.1) is 52.4 Å². The van der Waals surface area contributed by atoms with Crippen LogP contribution in [0.3, 0.4) is 0 Å². The number of ether oxygens (including phenoxy) is 6. The van der Waals surface area contributed by atoms with Crippen molar-refractivity contribution in [2.45, 2.75) is 286 Å². The number of nitrogens with zero attached hydrogens (tertiary/aromatic N) is 9. The van der Waals surface area contributed by atoms with Crippen molar-refractivity contribution in [2.75, 3.05) is 177 Å². The molecule has 28 nitrogen and oxygen atoms in total. The molecule has 4 amide bonds. The van der Waals surface area contributed by atoms with Crippen LogP contribution in [-0.4, -0.2) is 326 Å². The van der Waals surface area contributed by atoms with Gasteiger partial charge in [-0.05, 0) is 157 Å². The molecule has 0 spiro atoms. The van der Waals surface area contributed by atoms with Crippen LogP contribution in [0.15, 0.2) is 0 Å². The van der Waals surface area contributed by atoms with Crippen LogP contribution in [0.1, 0.15) is 241 Å². The molecule has 3 aliphatic rings. The Morgan fingerprint density at radius 3 is 0.899 bits per heavy atom. The summed E-state index contributed by atoms with van der Waals surface area (Å²) in [6, 6.07) is -0.752. The minimum atomic E-state index is -0.762. The molecule has 109 heavy (non-hydrogen) atoms. The summed E-state index contributed by atoms with van der Waals surface area (Å²) in [5, 5.41) is 9.55. The van der Waals surface area contributed by atoms with Crippen LogP contribution >= 0.6 is 0 Å². The summed E-state index contributed by atoms with van der Waals surface area (Å²) in [5.74, 6) is -3.25. The van der Waals surface area contributed by atoms with Crippen LogP contribution in [0.25, 0.3) is 0 Å². The predicted octanol–water partition coefficient (Wildman–Crippen LogP) is 7.06. The highest BCUT2D eigenvalue weighted by atomic mass is 16.6. The molecule has 0 bridgehead atoms. The van der Waals surface area contributed by atoms with Gasteiger partial charge in [0.2, 0.25) is 23.6 Å². The van der Waals surface area contributed by atoms with Gasteiger partial charge in [-0.2, -0.15) is 0 Å². The zero-order chi connectivity index (χ0) is 81.6. The van der Waals surface area contributed by atoms with E-state index < -0.39 is 69.5 Å². The number of esters is 6. The normalized spacial score (nSPS) is 17.9. The molecule has 2 saturated heterocycles. The third-order valence-corrected chi connectivity index (χ3v) is 18.3. The first-order valence-electron chi connectivity index (χ1n) is 41.0. The van der Waals surface area contributed by atoms with Crippen molar-refractivity contribution in [2.24, 2.45) is 0 Å². The van der Waals surface area contributed by atoms with E-state index >= 15 is 0 Å². The van der Waals surface area contributed by atoms with Gasteiger partial charge in [-0.25, -0.2) is 0 Å². The second-order valence-corrected chi connectivity index (χ2v) is 36.1. The molecule has 0 radical (unpaired) electrons. The highest BCUT2D eigenvalue weighted by molar-refractivity contribution is 5.88. The Bertz CT molecular complexity index is 2650. The largest absolute Gasteiger partial charge is 0.459 e. The topological polar surface area (TPSA) is 291 Å². The molecule has 28 heteroatoms. The Hall–Kier alpha value is -5.62. The van der Waals surface area contributed by atoms with Crippen LogP contribution in [0, 0.1) is 0 Å². The highest BCUT2D eigenvalue weighted by Gasteiger charge is 2.34. The number of hydrogen-bond acceptors (Lipinski definition) is 24. The molecule has 0 aromatic rings. The number of hydrogen-bond donors (Lipinski definition) is 3. The Morgan fingerprint density at radius 1 is 0.339 bits per heavy atom. The van der Waals surface area contributed by atoms with Gasteiger partial charge in [-0.3, -0.25) is 87.1 Å². The van der Waals surface area contributed by atoms with Crippen molar-refractivity contribution < 1.29 is 76.4 Å². The Labute approximate surface area is 656 Å². The van der Waals surface area contributed by atoms with Crippen molar-refractivity contribution in [3.05, 3.63) is 0 Å². The van der Waals surface area contributed by atoms with E-state index in [1.807, 2.05) is 164 Å². The van der Waals surface area contributed by atoms with Gasteiger partial charge in [0.25, 0.3) is 0 Å². The molecule has 1 aliphatic carbocycles. The zero-order valence-corrected chi connectivity index (χ0v) is 71.3. The van der Waals surface area contributed by atoms with Gasteiger partial charge in [0.15, 0.2) is 0 Å². The van der Waals surface area contributed by atoms with Crippen molar-refractivity contribution >= 4 is 59.4 Å². The van der Waals surface area contributed by atoms with Gasteiger partial charge in [-0.15, -0.1) is 0 Å². The van der Waals surface area contributed by atoms with Gasteiger partial charge in [0.1, 0.15) is 39.6 Å². The number of amides is 4. The maximum Gasteiger partial charge on any atom is 0.320 e. The molecule has 1 atom stereocenters. The molecule has 0 aromatic carbocycles. The molecule has 1 unspecified atom stereocenters. The summed E-state index contributed by atoms with van der Waals surface area (Å²) in [5.41, 5.74) is -4.25. The van der Waals surface area contributed by atoms with Gasteiger partial charge < -0.3 is 49.3 Å². The Balaban J connectivity index is 1.88. The number of nitrogens with one attached hydrogen (secondary N) is 3. The lowest BCUT2D eigenvalue weighted by molar-refractivity contribution is -0.158. The third kappa shape index (κ3) is 49.5. The average Bonchev–Trinajstić information content (AvgIpc) is 0.852. The summed E-state index contributed by atoms with van der Waals surface area (Å²) >= 11 is 0. The van der Waals surface area contributed by atoms with Gasteiger partial charge in [0, 0.05) is 137 Å². The second kappa shape index (κ2) is 49.1. The summed E-state index contributed by atoms with van der Waals surface area (Å²) in [6.07, 6.45) is 14.4. The number of carbonyl (C=O) groups is 10. The fraction of sp³-hybridized carbons (Fsp3) is 0.877. The van der Waals surface area contributed by atoms with Crippen molar-refractivity contribution in [1.82, 2.24) is 60.0 Å². The van der Waals surface area contributed by atoms with Crippen LogP contribution in [0.5, 0.6) is 0 Å². The molecule has 3 fully saturated rings.